The van der Waals surface area contributed by atoms with Crippen molar-refractivity contribution in [3.8, 4) is 0 Å². The molecule has 3 aromatic rings. The minimum atomic E-state index is -0.406. The Balaban J connectivity index is 1.68. The second-order valence-electron chi connectivity index (χ2n) is 5.51. The van der Waals surface area contributed by atoms with Crippen LogP contribution in [-0.2, 0) is 0 Å². The molecule has 1 aromatic heterocycles. The summed E-state index contributed by atoms with van der Waals surface area (Å²) in [6.07, 6.45) is 2.85. The van der Waals surface area contributed by atoms with E-state index >= 15 is 0 Å². The third kappa shape index (κ3) is 4.43. The quantitative estimate of drug-likeness (QED) is 0.656. The summed E-state index contributed by atoms with van der Waals surface area (Å²) in [5.41, 5.74) is 2.02. The van der Waals surface area contributed by atoms with Crippen LogP contribution in [0.25, 0.3) is 0 Å². The van der Waals surface area contributed by atoms with Crippen LogP contribution in [0, 0.1) is 0 Å². The van der Waals surface area contributed by atoms with Crippen LogP contribution in [0.2, 0.25) is 5.02 Å². The Hall–Kier alpha value is -3.25. The Morgan fingerprint density at radius 3 is 2.38 bits per heavy atom. The predicted octanol–water partition coefficient (Wildman–Crippen LogP) is 4.33. The van der Waals surface area contributed by atoms with Gasteiger partial charge in [0, 0.05) is 22.0 Å². The Morgan fingerprint density at radius 2 is 1.73 bits per heavy atom. The average Bonchev–Trinajstić information content (AvgIpc) is 2.64. The van der Waals surface area contributed by atoms with Gasteiger partial charge in [-0.05, 0) is 43.3 Å². The van der Waals surface area contributed by atoms with Crippen LogP contribution in [0.1, 0.15) is 27.8 Å². The van der Waals surface area contributed by atoms with Crippen molar-refractivity contribution in [1.29, 1.82) is 0 Å². The van der Waals surface area contributed by atoms with Crippen molar-refractivity contribution in [2.45, 2.75) is 6.92 Å². The number of carbonyl (C=O) groups is 2. The lowest BCUT2D eigenvalue weighted by Crippen LogP contribution is -2.14. The highest BCUT2D eigenvalue weighted by molar-refractivity contribution is 6.30. The van der Waals surface area contributed by atoms with Gasteiger partial charge in [0.2, 0.25) is 0 Å². The molecule has 2 aromatic carbocycles. The zero-order valence-electron chi connectivity index (χ0n) is 13.9. The van der Waals surface area contributed by atoms with Crippen LogP contribution >= 0.6 is 11.6 Å². The Bertz CT molecular complexity index is 941. The van der Waals surface area contributed by atoms with Gasteiger partial charge in [-0.2, -0.15) is 0 Å². The molecule has 0 aliphatic rings. The van der Waals surface area contributed by atoms with Gasteiger partial charge >= 0.3 is 0 Å². The number of nitrogens with zero attached hydrogens (tertiary/aromatic N) is 2. The van der Waals surface area contributed by atoms with E-state index < -0.39 is 5.91 Å². The highest BCUT2D eigenvalue weighted by Crippen LogP contribution is 2.17. The first kappa shape index (κ1) is 17.6. The Labute approximate surface area is 155 Å². The third-order valence-corrected chi connectivity index (χ3v) is 3.78. The minimum absolute atomic E-state index is 0.0708. The number of benzene rings is 2. The molecule has 0 spiro atoms. The summed E-state index contributed by atoms with van der Waals surface area (Å²) in [6.45, 7) is 1.47. The summed E-state index contributed by atoms with van der Waals surface area (Å²) < 4.78 is 0. The number of nitrogens with one attached hydrogen (secondary N) is 2. The van der Waals surface area contributed by atoms with E-state index in [1.54, 1.807) is 36.4 Å². The van der Waals surface area contributed by atoms with Crippen LogP contribution in [-0.4, -0.2) is 21.7 Å². The summed E-state index contributed by atoms with van der Waals surface area (Å²) in [7, 11) is 0. The van der Waals surface area contributed by atoms with Crippen LogP contribution in [0.4, 0.5) is 17.2 Å². The number of amides is 1. The second-order valence-corrected chi connectivity index (χ2v) is 5.95. The number of carbonyl (C=O) groups excluding carboxylic acids is 2. The maximum absolute atomic E-state index is 12.3. The summed E-state index contributed by atoms with van der Waals surface area (Å²) in [6, 6.07) is 13.9. The first-order valence-electron chi connectivity index (χ1n) is 7.78. The van der Waals surface area contributed by atoms with E-state index in [0.29, 0.717) is 22.1 Å². The normalized spacial score (nSPS) is 10.2. The number of Topliss-reactive ketones (excluding diaryl/α,β-unsaturated/α-hetero) is 1. The topological polar surface area (TPSA) is 84.0 Å². The molecule has 0 radical (unpaired) electrons. The van der Waals surface area contributed by atoms with Gasteiger partial charge in [-0.3, -0.25) is 9.59 Å². The van der Waals surface area contributed by atoms with Gasteiger partial charge in [-0.1, -0.05) is 23.7 Å². The lowest BCUT2D eigenvalue weighted by molar-refractivity contribution is 0.100. The molecule has 2 N–H and O–H groups in total. The smallest absolute Gasteiger partial charge is 0.275 e. The lowest BCUT2D eigenvalue weighted by atomic mass is 10.1. The van der Waals surface area contributed by atoms with Crippen molar-refractivity contribution < 1.29 is 9.59 Å². The molecule has 3 rings (SSSR count). The largest absolute Gasteiger partial charge is 0.339 e. The first-order chi connectivity index (χ1) is 12.5. The van der Waals surface area contributed by atoms with Gasteiger partial charge in [0.25, 0.3) is 5.91 Å². The average molecular weight is 367 g/mol. The number of aromatic nitrogens is 2. The Kier molecular flexibility index (Phi) is 5.24. The van der Waals surface area contributed by atoms with E-state index in [0.717, 1.165) is 5.69 Å². The van der Waals surface area contributed by atoms with Gasteiger partial charge in [0.1, 0.15) is 11.5 Å². The molecule has 0 saturated heterocycles. The van der Waals surface area contributed by atoms with Crippen LogP contribution in [0.3, 0.4) is 0 Å². The van der Waals surface area contributed by atoms with Crippen molar-refractivity contribution in [1.82, 2.24) is 9.97 Å². The molecular weight excluding hydrogens is 352 g/mol. The fraction of sp³-hybridized carbons (Fsp3) is 0.0526. The van der Waals surface area contributed by atoms with Gasteiger partial charge in [-0.15, -0.1) is 0 Å². The molecule has 130 valence electrons. The standard InChI is InChI=1S/C19H15ClN4O2/c1-12(25)13-3-2-4-16(9-13)24-19(26)17-10-22-18(11-21-17)23-15-7-5-14(20)6-8-15/h2-11H,1H3,(H,22,23)(H,24,26). The molecule has 26 heavy (non-hydrogen) atoms. The second kappa shape index (κ2) is 7.76. The third-order valence-electron chi connectivity index (χ3n) is 3.53. The number of halogens is 1. The van der Waals surface area contributed by atoms with E-state index in [1.165, 1.54) is 19.3 Å². The van der Waals surface area contributed by atoms with E-state index in [4.69, 9.17) is 11.6 Å². The van der Waals surface area contributed by atoms with Crippen molar-refractivity contribution >= 4 is 40.5 Å². The molecule has 1 amide bonds. The first-order valence-corrected chi connectivity index (χ1v) is 8.16. The number of hydrogen-bond donors (Lipinski definition) is 2. The number of hydrogen-bond acceptors (Lipinski definition) is 5. The van der Waals surface area contributed by atoms with Gasteiger partial charge in [0.05, 0.1) is 12.4 Å². The monoisotopic (exact) mass is 366 g/mol. The van der Waals surface area contributed by atoms with Gasteiger partial charge in [0.15, 0.2) is 5.78 Å². The summed E-state index contributed by atoms with van der Waals surface area (Å²) in [4.78, 5) is 32.0. The molecule has 0 aliphatic heterocycles. The highest BCUT2D eigenvalue weighted by Gasteiger charge is 2.10. The lowest BCUT2D eigenvalue weighted by Gasteiger charge is -2.07. The maximum Gasteiger partial charge on any atom is 0.275 e. The predicted molar refractivity (Wildman–Crippen MR) is 101 cm³/mol. The molecule has 0 unspecified atom stereocenters. The fourth-order valence-corrected chi connectivity index (χ4v) is 2.33. The number of ketones is 1. The summed E-state index contributed by atoms with van der Waals surface area (Å²) in [5.74, 6) is 0.0252. The molecule has 0 bridgehead atoms. The van der Waals surface area contributed by atoms with Crippen molar-refractivity contribution in [3.63, 3.8) is 0 Å². The molecule has 0 atom stereocenters. The molecule has 0 saturated carbocycles. The van der Waals surface area contributed by atoms with E-state index in [9.17, 15) is 9.59 Å². The molecule has 1 heterocycles. The summed E-state index contributed by atoms with van der Waals surface area (Å²) in [5, 5.41) is 6.41. The number of anilines is 3. The van der Waals surface area contributed by atoms with E-state index in [1.807, 2.05) is 12.1 Å². The van der Waals surface area contributed by atoms with Crippen LogP contribution in [0.15, 0.2) is 60.9 Å². The number of rotatable bonds is 5. The maximum atomic E-state index is 12.3. The van der Waals surface area contributed by atoms with Crippen molar-refractivity contribution in [2.75, 3.05) is 10.6 Å². The van der Waals surface area contributed by atoms with Gasteiger partial charge < -0.3 is 10.6 Å². The zero-order valence-corrected chi connectivity index (χ0v) is 14.6. The molecule has 0 aliphatic carbocycles. The molecule has 6 nitrogen and oxygen atoms in total. The Morgan fingerprint density at radius 1 is 0.962 bits per heavy atom. The van der Waals surface area contributed by atoms with Crippen molar-refractivity contribution in [3.05, 3.63) is 77.2 Å². The molecule has 7 heteroatoms. The molecular formula is C19H15ClN4O2. The SMILES string of the molecule is CC(=O)c1cccc(NC(=O)c2cnc(Nc3ccc(Cl)cc3)cn2)c1. The fourth-order valence-electron chi connectivity index (χ4n) is 2.20. The molecule has 0 fully saturated rings. The van der Waals surface area contributed by atoms with Crippen LogP contribution < -0.4 is 10.6 Å². The van der Waals surface area contributed by atoms with E-state index in [2.05, 4.69) is 20.6 Å². The summed E-state index contributed by atoms with van der Waals surface area (Å²) >= 11 is 5.84. The minimum Gasteiger partial charge on any atom is -0.339 e. The van der Waals surface area contributed by atoms with E-state index in [-0.39, 0.29) is 11.5 Å². The van der Waals surface area contributed by atoms with Gasteiger partial charge in [-0.25, -0.2) is 9.97 Å². The zero-order chi connectivity index (χ0) is 18.5. The van der Waals surface area contributed by atoms with Crippen molar-refractivity contribution in [2.24, 2.45) is 0 Å². The highest BCUT2D eigenvalue weighted by atomic mass is 35.5. The van der Waals surface area contributed by atoms with Crippen LogP contribution in [0.5, 0.6) is 0 Å².